The van der Waals surface area contributed by atoms with Crippen molar-refractivity contribution in [3.63, 3.8) is 0 Å². The second-order valence-corrected chi connectivity index (χ2v) is 4.44. The van der Waals surface area contributed by atoms with E-state index in [4.69, 9.17) is 4.74 Å². The molecule has 1 saturated carbocycles. The van der Waals surface area contributed by atoms with E-state index in [2.05, 4.69) is 15.9 Å². The molecule has 0 amide bonds. The van der Waals surface area contributed by atoms with Gasteiger partial charge in [0.1, 0.15) is 11.5 Å². The molecule has 0 radical (unpaired) electrons. The van der Waals surface area contributed by atoms with Gasteiger partial charge >= 0.3 is 5.97 Å². The molecule has 1 fully saturated rings. The summed E-state index contributed by atoms with van der Waals surface area (Å²) in [5.74, 6) is 0.0871. The number of Topliss-reactive ketones (excluding diaryl/α,β-unsaturated/α-hetero) is 1. The molecule has 0 aliphatic heterocycles. The van der Waals surface area contributed by atoms with Crippen molar-refractivity contribution in [1.82, 2.24) is 0 Å². The minimum Gasteiger partial charge on any atom is -0.426 e. The van der Waals surface area contributed by atoms with E-state index in [0.717, 1.165) is 4.47 Å². The molecule has 0 unspecified atom stereocenters. The number of ether oxygens (including phenoxy) is 1. The van der Waals surface area contributed by atoms with Crippen LogP contribution in [0.4, 0.5) is 0 Å². The molecule has 1 aliphatic carbocycles. The quantitative estimate of drug-likeness (QED) is 0.611. The first-order chi connectivity index (χ1) is 7.15. The highest BCUT2D eigenvalue weighted by molar-refractivity contribution is 9.10. The highest BCUT2D eigenvalue weighted by Crippen LogP contribution is 2.26. The minimum absolute atomic E-state index is 0.131. The summed E-state index contributed by atoms with van der Waals surface area (Å²) in [6.07, 6.45) is 0.652. The number of carbonyl (C=O) groups is 2. The number of rotatable bonds is 2. The second kappa shape index (κ2) is 4.14. The Bertz CT molecular complexity index is 406. The van der Waals surface area contributed by atoms with Gasteiger partial charge in [0.25, 0.3) is 0 Å². The first-order valence-corrected chi connectivity index (χ1v) is 5.43. The lowest BCUT2D eigenvalue weighted by molar-refractivity contribution is -0.147. The van der Waals surface area contributed by atoms with Crippen molar-refractivity contribution in [2.45, 2.75) is 12.8 Å². The first-order valence-electron chi connectivity index (χ1n) is 4.64. The van der Waals surface area contributed by atoms with Gasteiger partial charge in [-0.15, -0.1) is 0 Å². The Labute approximate surface area is 95.6 Å². The van der Waals surface area contributed by atoms with Crippen LogP contribution < -0.4 is 4.74 Å². The van der Waals surface area contributed by atoms with Gasteiger partial charge in [-0.25, -0.2) is 0 Å². The van der Waals surface area contributed by atoms with Gasteiger partial charge in [-0.05, 0) is 18.2 Å². The van der Waals surface area contributed by atoms with Crippen molar-refractivity contribution in [2.24, 2.45) is 5.92 Å². The molecule has 4 heteroatoms. The third kappa shape index (κ3) is 2.45. The number of ketones is 1. The third-order valence-corrected chi connectivity index (χ3v) is 2.79. The maximum atomic E-state index is 11.5. The fourth-order valence-corrected chi connectivity index (χ4v) is 1.76. The molecule has 2 rings (SSSR count). The van der Waals surface area contributed by atoms with Crippen LogP contribution in [-0.2, 0) is 9.59 Å². The van der Waals surface area contributed by atoms with Crippen molar-refractivity contribution in [2.75, 3.05) is 0 Å². The molecule has 3 nitrogen and oxygen atoms in total. The fraction of sp³-hybridized carbons (Fsp3) is 0.273. The van der Waals surface area contributed by atoms with E-state index < -0.39 is 0 Å². The van der Waals surface area contributed by atoms with Crippen molar-refractivity contribution in [3.8, 4) is 5.75 Å². The van der Waals surface area contributed by atoms with E-state index in [9.17, 15) is 9.59 Å². The van der Waals surface area contributed by atoms with Gasteiger partial charge in [-0.1, -0.05) is 22.0 Å². The number of hydrogen-bond acceptors (Lipinski definition) is 3. The summed E-state index contributed by atoms with van der Waals surface area (Å²) in [5, 5.41) is 0. The Kier molecular flexibility index (Phi) is 2.86. The van der Waals surface area contributed by atoms with Gasteiger partial charge in [0.15, 0.2) is 0 Å². The largest absolute Gasteiger partial charge is 0.426 e. The zero-order valence-electron chi connectivity index (χ0n) is 7.90. The highest BCUT2D eigenvalue weighted by Gasteiger charge is 2.34. The summed E-state index contributed by atoms with van der Waals surface area (Å²) in [5.41, 5.74) is 0. The fourth-order valence-electron chi connectivity index (χ4n) is 1.39. The Morgan fingerprint density at radius 3 is 2.73 bits per heavy atom. The van der Waals surface area contributed by atoms with Crippen LogP contribution >= 0.6 is 15.9 Å². The average molecular weight is 269 g/mol. The smallest absolute Gasteiger partial charge is 0.315 e. The Morgan fingerprint density at radius 2 is 2.13 bits per heavy atom. The lowest BCUT2D eigenvalue weighted by Gasteiger charge is -2.21. The molecular formula is C11H9BrO3. The third-order valence-electron chi connectivity index (χ3n) is 2.30. The van der Waals surface area contributed by atoms with E-state index in [-0.39, 0.29) is 17.7 Å². The summed E-state index contributed by atoms with van der Waals surface area (Å²) in [6, 6.07) is 7.07. The number of benzene rings is 1. The van der Waals surface area contributed by atoms with Crippen LogP contribution in [-0.4, -0.2) is 11.8 Å². The Balaban J connectivity index is 1.97. The monoisotopic (exact) mass is 268 g/mol. The zero-order valence-corrected chi connectivity index (χ0v) is 9.49. The topological polar surface area (TPSA) is 43.4 Å². The van der Waals surface area contributed by atoms with E-state index in [1.807, 2.05) is 6.07 Å². The lowest BCUT2D eigenvalue weighted by atomic mass is 9.84. The van der Waals surface area contributed by atoms with E-state index in [1.54, 1.807) is 18.2 Å². The van der Waals surface area contributed by atoms with Crippen LogP contribution in [0.2, 0.25) is 0 Å². The summed E-state index contributed by atoms with van der Waals surface area (Å²) < 4.78 is 5.99. The predicted molar refractivity (Wildman–Crippen MR) is 57.5 cm³/mol. The molecule has 0 saturated heterocycles. The van der Waals surface area contributed by atoms with Crippen molar-refractivity contribution in [1.29, 1.82) is 0 Å². The van der Waals surface area contributed by atoms with Gasteiger partial charge in [-0.3, -0.25) is 9.59 Å². The molecule has 1 aromatic rings. The average Bonchev–Trinajstić information content (AvgIpc) is 2.13. The summed E-state index contributed by atoms with van der Waals surface area (Å²) in [6.45, 7) is 0. The van der Waals surface area contributed by atoms with Crippen LogP contribution in [0.1, 0.15) is 12.8 Å². The summed E-state index contributed by atoms with van der Waals surface area (Å²) in [4.78, 5) is 22.2. The van der Waals surface area contributed by atoms with Crippen LogP contribution in [0, 0.1) is 5.92 Å². The number of esters is 1. The first kappa shape index (κ1) is 10.4. The number of carbonyl (C=O) groups excluding carboxylic acids is 2. The van der Waals surface area contributed by atoms with E-state index in [0.29, 0.717) is 18.6 Å². The predicted octanol–water partition coefficient (Wildman–Crippen LogP) is 2.33. The standard InChI is InChI=1S/C11H9BrO3/c12-8-2-1-3-10(6-8)15-11(14)7-4-9(13)5-7/h1-3,6-7H,4-5H2. The normalized spacial score (nSPS) is 15.9. The molecule has 78 valence electrons. The number of hydrogen-bond donors (Lipinski definition) is 0. The SMILES string of the molecule is O=C1CC(C(=O)Oc2cccc(Br)c2)C1. The Hall–Kier alpha value is -1.16. The van der Waals surface area contributed by atoms with E-state index in [1.165, 1.54) is 0 Å². The molecule has 0 bridgehead atoms. The zero-order chi connectivity index (χ0) is 10.8. The van der Waals surface area contributed by atoms with Crippen molar-refractivity contribution in [3.05, 3.63) is 28.7 Å². The molecular weight excluding hydrogens is 260 g/mol. The maximum Gasteiger partial charge on any atom is 0.315 e. The Morgan fingerprint density at radius 1 is 1.40 bits per heavy atom. The number of halogens is 1. The van der Waals surface area contributed by atoms with Gasteiger partial charge in [0.05, 0.1) is 5.92 Å². The highest BCUT2D eigenvalue weighted by atomic mass is 79.9. The van der Waals surface area contributed by atoms with Crippen molar-refractivity contribution < 1.29 is 14.3 Å². The van der Waals surface area contributed by atoms with Gasteiger partial charge in [0, 0.05) is 17.3 Å². The summed E-state index contributed by atoms with van der Waals surface area (Å²) in [7, 11) is 0. The second-order valence-electron chi connectivity index (χ2n) is 3.52. The molecule has 0 heterocycles. The molecule has 0 aromatic heterocycles. The summed E-state index contributed by atoms with van der Waals surface area (Å²) >= 11 is 3.28. The molecule has 1 aromatic carbocycles. The molecule has 0 N–H and O–H groups in total. The van der Waals surface area contributed by atoms with Crippen LogP contribution in [0.5, 0.6) is 5.75 Å². The van der Waals surface area contributed by atoms with Crippen LogP contribution in [0.25, 0.3) is 0 Å². The van der Waals surface area contributed by atoms with Gasteiger partial charge < -0.3 is 4.74 Å². The molecule has 15 heavy (non-hydrogen) atoms. The molecule has 0 spiro atoms. The minimum atomic E-state index is -0.312. The van der Waals surface area contributed by atoms with Crippen LogP contribution in [0.3, 0.4) is 0 Å². The van der Waals surface area contributed by atoms with Crippen LogP contribution in [0.15, 0.2) is 28.7 Å². The van der Waals surface area contributed by atoms with Crippen molar-refractivity contribution >= 4 is 27.7 Å². The van der Waals surface area contributed by atoms with E-state index >= 15 is 0 Å². The lowest BCUT2D eigenvalue weighted by Crippen LogP contribution is -2.33. The van der Waals surface area contributed by atoms with Gasteiger partial charge in [0.2, 0.25) is 0 Å². The molecule has 0 atom stereocenters. The molecule has 1 aliphatic rings. The maximum absolute atomic E-state index is 11.5. The van der Waals surface area contributed by atoms with Gasteiger partial charge in [-0.2, -0.15) is 0 Å².